The first kappa shape index (κ1) is 17.7. The van der Waals surface area contributed by atoms with Crippen LogP contribution in [0.4, 0.5) is 0 Å². The van der Waals surface area contributed by atoms with Crippen LogP contribution in [0.3, 0.4) is 0 Å². The Morgan fingerprint density at radius 2 is 1.57 bits per heavy atom. The molecule has 0 atom stereocenters. The monoisotopic (exact) mass is 298 g/mol. The Hall–Kier alpha value is -1.36. The zero-order valence-electron chi connectivity index (χ0n) is 12.9. The van der Waals surface area contributed by atoms with Crippen molar-refractivity contribution < 1.29 is 23.8 Å². The summed E-state index contributed by atoms with van der Waals surface area (Å²) in [7, 11) is 0. The summed E-state index contributed by atoms with van der Waals surface area (Å²) in [4.78, 5) is 22.5. The molecule has 0 radical (unpaired) electrons. The summed E-state index contributed by atoms with van der Waals surface area (Å²) >= 11 is 0. The standard InChI is InChI=1S/C16H26O5/c1-13(2)16(18)19-11-15(17)21-12-20-14-9-7-5-3-4-6-8-10-14/h14H,1,3-12H2,2H3. The molecule has 1 rings (SSSR count). The fourth-order valence-electron chi connectivity index (χ4n) is 2.25. The lowest BCUT2D eigenvalue weighted by molar-refractivity contribution is -0.170. The Bertz CT molecular complexity index is 341. The molecule has 0 unspecified atom stereocenters. The summed E-state index contributed by atoms with van der Waals surface area (Å²) in [6, 6.07) is 0. The molecule has 0 bridgehead atoms. The summed E-state index contributed by atoms with van der Waals surface area (Å²) in [5, 5.41) is 0. The van der Waals surface area contributed by atoms with Crippen molar-refractivity contribution >= 4 is 11.9 Å². The normalized spacial score (nSPS) is 17.2. The molecule has 0 saturated heterocycles. The molecule has 0 spiro atoms. The number of carbonyl (C=O) groups is 2. The van der Waals surface area contributed by atoms with Gasteiger partial charge in [0, 0.05) is 5.57 Å². The summed E-state index contributed by atoms with van der Waals surface area (Å²) in [5.41, 5.74) is 0.254. The third-order valence-corrected chi connectivity index (χ3v) is 3.50. The van der Waals surface area contributed by atoms with Crippen molar-refractivity contribution in [3.8, 4) is 0 Å². The van der Waals surface area contributed by atoms with Crippen molar-refractivity contribution in [2.24, 2.45) is 0 Å². The molecule has 0 aromatic heterocycles. The van der Waals surface area contributed by atoms with Gasteiger partial charge in [0.05, 0.1) is 6.10 Å². The van der Waals surface area contributed by atoms with Gasteiger partial charge in [-0.15, -0.1) is 0 Å². The van der Waals surface area contributed by atoms with Crippen molar-refractivity contribution in [2.45, 2.75) is 64.4 Å². The van der Waals surface area contributed by atoms with Crippen LogP contribution < -0.4 is 0 Å². The van der Waals surface area contributed by atoms with Gasteiger partial charge in [-0.3, -0.25) is 0 Å². The maximum Gasteiger partial charge on any atom is 0.346 e. The Balaban J connectivity index is 2.14. The molecule has 1 aliphatic rings. The molecule has 0 amide bonds. The molecule has 1 fully saturated rings. The average Bonchev–Trinajstić information content (AvgIpc) is 2.58. The van der Waals surface area contributed by atoms with Gasteiger partial charge in [-0.1, -0.05) is 45.1 Å². The van der Waals surface area contributed by atoms with Crippen LogP contribution in [-0.2, 0) is 23.8 Å². The van der Waals surface area contributed by atoms with Gasteiger partial charge in [0.15, 0.2) is 13.4 Å². The Morgan fingerprint density at radius 3 is 2.14 bits per heavy atom. The van der Waals surface area contributed by atoms with Gasteiger partial charge in [0.25, 0.3) is 0 Å². The van der Waals surface area contributed by atoms with Crippen LogP contribution in [0, 0.1) is 0 Å². The molecule has 1 aliphatic carbocycles. The number of ether oxygens (including phenoxy) is 3. The molecule has 1 saturated carbocycles. The molecular formula is C16H26O5. The number of esters is 2. The average molecular weight is 298 g/mol. The van der Waals surface area contributed by atoms with Gasteiger partial charge in [-0.25, -0.2) is 9.59 Å². The van der Waals surface area contributed by atoms with Crippen LogP contribution in [0.2, 0.25) is 0 Å². The topological polar surface area (TPSA) is 61.8 Å². The van der Waals surface area contributed by atoms with E-state index in [1.54, 1.807) is 0 Å². The number of carbonyl (C=O) groups excluding carboxylic acids is 2. The first-order valence-electron chi connectivity index (χ1n) is 7.69. The highest BCUT2D eigenvalue weighted by Gasteiger charge is 2.13. The second-order valence-electron chi connectivity index (χ2n) is 5.48. The second-order valence-corrected chi connectivity index (χ2v) is 5.48. The van der Waals surface area contributed by atoms with Crippen molar-refractivity contribution in [1.82, 2.24) is 0 Å². The first-order chi connectivity index (χ1) is 10.1. The number of hydrogen-bond acceptors (Lipinski definition) is 5. The van der Waals surface area contributed by atoms with Crippen molar-refractivity contribution in [3.05, 3.63) is 12.2 Å². The fourth-order valence-corrected chi connectivity index (χ4v) is 2.25. The van der Waals surface area contributed by atoms with E-state index in [2.05, 4.69) is 6.58 Å². The quantitative estimate of drug-likeness (QED) is 0.428. The van der Waals surface area contributed by atoms with Crippen LogP contribution >= 0.6 is 0 Å². The van der Waals surface area contributed by atoms with Gasteiger partial charge in [0.2, 0.25) is 0 Å². The summed E-state index contributed by atoms with van der Waals surface area (Å²) in [5.74, 6) is -1.20. The van der Waals surface area contributed by atoms with Gasteiger partial charge < -0.3 is 14.2 Å². The lowest BCUT2D eigenvalue weighted by Crippen LogP contribution is -2.21. The molecule has 0 aromatic rings. The fraction of sp³-hybridized carbons (Fsp3) is 0.750. The van der Waals surface area contributed by atoms with Crippen LogP contribution in [0.1, 0.15) is 58.3 Å². The largest absolute Gasteiger partial charge is 0.450 e. The van der Waals surface area contributed by atoms with Crippen molar-refractivity contribution in [3.63, 3.8) is 0 Å². The van der Waals surface area contributed by atoms with Gasteiger partial charge in [-0.2, -0.15) is 0 Å². The molecular weight excluding hydrogens is 272 g/mol. The minimum Gasteiger partial charge on any atom is -0.450 e. The molecule has 5 heteroatoms. The van der Waals surface area contributed by atoms with E-state index in [1.807, 2.05) is 0 Å². The van der Waals surface area contributed by atoms with E-state index in [9.17, 15) is 9.59 Å². The van der Waals surface area contributed by atoms with Crippen LogP contribution in [0.25, 0.3) is 0 Å². The smallest absolute Gasteiger partial charge is 0.346 e. The van der Waals surface area contributed by atoms with E-state index < -0.39 is 18.5 Å². The van der Waals surface area contributed by atoms with Crippen molar-refractivity contribution in [2.75, 3.05) is 13.4 Å². The lowest BCUT2D eigenvalue weighted by Gasteiger charge is -2.16. The second kappa shape index (κ2) is 10.4. The Morgan fingerprint density at radius 1 is 1.00 bits per heavy atom. The van der Waals surface area contributed by atoms with Gasteiger partial charge in [-0.05, 0) is 19.8 Å². The zero-order valence-corrected chi connectivity index (χ0v) is 12.9. The summed E-state index contributed by atoms with van der Waals surface area (Å²) in [6.45, 7) is 4.47. The van der Waals surface area contributed by atoms with E-state index in [0.717, 1.165) is 25.7 Å². The van der Waals surface area contributed by atoms with E-state index in [1.165, 1.54) is 32.6 Å². The van der Waals surface area contributed by atoms with E-state index in [0.29, 0.717) is 0 Å². The highest BCUT2D eigenvalue weighted by molar-refractivity contribution is 5.88. The SMILES string of the molecule is C=C(C)C(=O)OCC(=O)OCOC1CCCCCCCC1. The van der Waals surface area contributed by atoms with Crippen LogP contribution in [-0.4, -0.2) is 31.4 Å². The minimum atomic E-state index is -0.604. The van der Waals surface area contributed by atoms with Gasteiger partial charge in [0.1, 0.15) is 0 Å². The predicted octanol–water partition coefficient (Wildman–Crippen LogP) is 3.13. The molecule has 120 valence electrons. The third-order valence-electron chi connectivity index (χ3n) is 3.50. The van der Waals surface area contributed by atoms with Crippen LogP contribution in [0.5, 0.6) is 0 Å². The number of rotatable bonds is 6. The first-order valence-corrected chi connectivity index (χ1v) is 7.69. The molecule has 5 nitrogen and oxygen atoms in total. The number of hydrogen-bond donors (Lipinski definition) is 0. The third kappa shape index (κ3) is 8.50. The van der Waals surface area contributed by atoms with Crippen LogP contribution in [0.15, 0.2) is 12.2 Å². The Labute approximate surface area is 126 Å². The summed E-state index contributed by atoms with van der Waals surface area (Å²) < 4.78 is 15.2. The van der Waals surface area contributed by atoms with E-state index in [-0.39, 0.29) is 18.5 Å². The molecule has 0 heterocycles. The minimum absolute atomic E-state index is 0.0753. The highest BCUT2D eigenvalue weighted by Crippen LogP contribution is 2.19. The lowest BCUT2D eigenvalue weighted by atomic mass is 10.1. The van der Waals surface area contributed by atoms with E-state index in [4.69, 9.17) is 14.2 Å². The molecule has 0 aliphatic heterocycles. The Kier molecular flexibility index (Phi) is 8.74. The molecule has 0 aromatic carbocycles. The molecule has 0 N–H and O–H groups in total. The molecule has 21 heavy (non-hydrogen) atoms. The zero-order chi connectivity index (χ0) is 15.5. The highest BCUT2D eigenvalue weighted by atomic mass is 16.7. The predicted molar refractivity (Wildman–Crippen MR) is 78.5 cm³/mol. The van der Waals surface area contributed by atoms with Crippen molar-refractivity contribution in [1.29, 1.82) is 0 Å². The maximum absolute atomic E-state index is 11.4. The summed E-state index contributed by atoms with van der Waals surface area (Å²) in [6.07, 6.45) is 9.61. The van der Waals surface area contributed by atoms with Gasteiger partial charge >= 0.3 is 11.9 Å². The van der Waals surface area contributed by atoms with E-state index >= 15 is 0 Å². The maximum atomic E-state index is 11.4.